The maximum absolute atomic E-state index is 11.1. The molecule has 0 aromatic heterocycles. The van der Waals surface area contributed by atoms with Gasteiger partial charge in [0.05, 0.1) is 6.04 Å². The molecule has 5 nitrogen and oxygen atoms in total. The van der Waals surface area contributed by atoms with Crippen LogP contribution in [0, 0.1) is 0 Å². The average molecular weight is 248 g/mol. The van der Waals surface area contributed by atoms with E-state index in [1.54, 1.807) is 5.32 Å². The molecule has 0 heterocycles. The number of imide groups is 1. The van der Waals surface area contributed by atoms with E-state index in [9.17, 15) is 9.59 Å². The predicted octanol–water partition coefficient (Wildman–Crippen LogP) is -0.298. The summed E-state index contributed by atoms with van der Waals surface area (Å²) in [5.41, 5.74) is 6.42. The van der Waals surface area contributed by atoms with Gasteiger partial charge in [-0.15, -0.1) is 0 Å². The Hall–Kier alpha value is -0.244. The van der Waals surface area contributed by atoms with E-state index in [-0.39, 0.29) is 51.4 Å². The third-order valence-electron chi connectivity index (χ3n) is 1.87. The van der Waals surface area contributed by atoms with Crippen LogP contribution in [0.3, 0.4) is 0 Å². The Bertz CT molecular complexity index is 356. The van der Waals surface area contributed by atoms with E-state index in [4.69, 9.17) is 10.8 Å². The first-order valence-corrected chi connectivity index (χ1v) is 4.43. The van der Waals surface area contributed by atoms with Crippen LogP contribution in [-0.4, -0.2) is 74.5 Å². The van der Waals surface area contributed by atoms with Gasteiger partial charge in [-0.3, -0.25) is 10.1 Å². The Morgan fingerprint density at radius 2 is 1.88 bits per heavy atom. The molecule has 16 heavy (non-hydrogen) atoms. The number of nitrogens with one attached hydrogen (secondary N) is 1. The fourth-order valence-electron chi connectivity index (χ4n) is 1.16. The normalized spacial score (nSPS) is 11.1. The molecule has 0 fully saturated rings. The van der Waals surface area contributed by atoms with Gasteiger partial charge in [0.2, 0.25) is 5.91 Å². The van der Waals surface area contributed by atoms with Crippen LogP contribution >= 0.6 is 0 Å². The van der Waals surface area contributed by atoms with Crippen LogP contribution in [0.15, 0.2) is 30.3 Å². The fraction of sp³-hybridized carbons (Fsp3) is 0.200. The number of carbonyl (C=O) groups excluding carboxylic acids is 1. The van der Waals surface area contributed by atoms with Gasteiger partial charge < -0.3 is 10.8 Å². The van der Waals surface area contributed by atoms with Gasteiger partial charge in [0.15, 0.2) is 0 Å². The minimum atomic E-state index is -1.39. The van der Waals surface area contributed by atoms with Crippen molar-refractivity contribution >= 4 is 63.4 Å². The molecule has 0 spiro atoms. The van der Waals surface area contributed by atoms with Crippen molar-refractivity contribution in [2.45, 2.75) is 12.5 Å². The molecular weight excluding hydrogens is 235 g/mol. The van der Waals surface area contributed by atoms with E-state index in [0.717, 1.165) is 5.56 Å². The van der Waals surface area contributed by atoms with E-state index >= 15 is 0 Å². The molecule has 1 atom stereocenters. The molecule has 82 valence electrons. The second-order valence-electron chi connectivity index (χ2n) is 3.09. The van der Waals surface area contributed by atoms with Crippen LogP contribution in [0.1, 0.15) is 5.56 Å². The molecule has 0 aliphatic carbocycles. The van der Waals surface area contributed by atoms with Crippen molar-refractivity contribution in [3.05, 3.63) is 35.9 Å². The number of amides is 2. The summed E-state index contributed by atoms with van der Waals surface area (Å²) in [5.74, 6) is -0.689. The van der Waals surface area contributed by atoms with Crippen LogP contribution in [-0.2, 0) is 11.2 Å². The standard InChI is InChI=1S/C10H12N2O3.K.H/c11-8(9(13)12-10(14)15)6-7-4-2-1-3-5-7;;/h1-5,8H,6,11H2,(H,12,13)(H,14,15);;/t8-;;/m0../s1. The number of hydrogen-bond acceptors (Lipinski definition) is 3. The summed E-state index contributed by atoms with van der Waals surface area (Å²) in [6, 6.07) is 8.33. The second kappa shape index (κ2) is 7.94. The van der Waals surface area contributed by atoms with Gasteiger partial charge in [0.1, 0.15) is 0 Å². The van der Waals surface area contributed by atoms with Gasteiger partial charge in [-0.05, 0) is 12.0 Å². The summed E-state index contributed by atoms with van der Waals surface area (Å²) >= 11 is 0. The van der Waals surface area contributed by atoms with E-state index in [0.29, 0.717) is 6.42 Å². The van der Waals surface area contributed by atoms with Crippen molar-refractivity contribution in [2.75, 3.05) is 0 Å². The topological polar surface area (TPSA) is 92.4 Å². The van der Waals surface area contributed by atoms with E-state index in [1.807, 2.05) is 30.3 Å². The van der Waals surface area contributed by atoms with Gasteiger partial charge >= 0.3 is 57.5 Å². The number of nitrogens with two attached hydrogens (primary N) is 1. The molecule has 0 aliphatic heterocycles. The van der Waals surface area contributed by atoms with Crippen molar-refractivity contribution in [3.8, 4) is 0 Å². The predicted molar refractivity (Wildman–Crippen MR) is 61.4 cm³/mol. The minimum absolute atomic E-state index is 0. The number of hydrogen-bond donors (Lipinski definition) is 3. The van der Waals surface area contributed by atoms with Gasteiger partial charge in [0, 0.05) is 0 Å². The van der Waals surface area contributed by atoms with Crippen molar-refractivity contribution < 1.29 is 14.7 Å². The average Bonchev–Trinajstić information content (AvgIpc) is 2.18. The van der Waals surface area contributed by atoms with Crippen molar-refractivity contribution in [1.82, 2.24) is 5.32 Å². The van der Waals surface area contributed by atoms with Gasteiger partial charge in [-0.1, -0.05) is 30.3 Å². The van der Waals surface area contributed by atoms with E-state index in [2.05, 4.69) is 0 Å². The summed E-state index contributed by atoms with van der Waals surface area (Å²) in [6.45, 7) is 0. The molecule has 0 saturated heterocycles. The molecule has 0 unspecified atom stereocenters. The SMILES string of the molecule is N[C@@H](Cc1ccccc1)C(=O)NC(=O)O.[KH]. The fourth-order valence-corrected chi connectivity index (χ4v) is 1.16. The van der Waals surface area contributed by atoms with Crippen LogP contribution in [0.2, 0.25) is 0 Å². The summed E-state index contributed by atoms with van der Waals surface area (Å²) < 4.78 is 0. The van der Waals surface area contributed by atoms with Gasteiger partial charge in [-0.2, -0.15) is 0 Å². The Balaban J connectivity index is 0.00000225. The number of rotatable bonds is 3. The van der Waals surface area contributed by atoms with Gasteiger partial charge in [-0.25, -0.2) is 4.79 Å². The Morgan fingerprint density at radius 3 is 2.38 bits per heavy atom. The molecule has 0 saturated carbocycles. The summed E-state index contributed by atoms with van der Waals surface area (Å²) in [6.07, 6.45) is -1.07. The number of benzene rings is 1. The van der Waals surface area contributed by atoms with E-state index in [1.165, 1.54) is 0 Å². The molecule has 2 amide bonds. The first-order chi connectivity index (χ1) is 7.09. The van der Waals surface area contributed by atoms with Crippen LogP contribution in [0.5, 0.6) is 0 Å². The zero-order valence-electron chi connectivity index (χ0n) is 8.01. The van der Waals surface area contributed by atoms with Gasteiger partial charge in [0.25, 0.3) is 0 Å². The third kappa shape index (κ3) is 5.74. The zero-order valence-corrected chi connectivity index (χ0v) is 8.01. The first kappa shape index (κ1) is 15.8. The Labute approximate surface area is 136 Å². The molecule has 1 aromatic rings. The second-order valence-corrected chi connectivity index (χ2v) is 3.09. The molecule has 1 aromatic carbocycles. The molecule has 4 N–H and O–H groups in total. The summed E-state index contributed by atoms with van der Waals surface area (Å²) in [7, 11) is 0. The van der Waals surface area contributed by atoms with Crippen molar-refractivity contribution in [2.24, 2.45) is 5.73 Å². The number of carbonyl (C=O) groups is 2. The first-order valence-electron chi connectivity index (χ1n) is 4.43. The van der Waals surface area contributed by atoms with Crippen LogP contribution in [0.25, 0.3) is 0 Å². The van der Waals surface area contributed by atoms with Crippen LogP contribution < -0.4 is 11.1 Å². The van der Waals surface area contributed by atoms with E-state index < -0.39 is 18.0 Å². The monoisotopic (exact) mass is 248 g/mol. The molecule has 6 heteroatoms. The molecule has 0 bridgehead atoms. The molecular formula is C10H13KN2O3. The number of carboxylic acid groups (broad SMARTS) is 1. The molecule has 0 radical (unpaired) electrons. The third-order valence-corrected chi connectivity index (χ3v) is 1.87. The van der Waals surface area contributed by atoms with Crippen LogP contribution in [0.4, 0.5) is 4.79 Å². The maximum atomic E-state index is 11.1. The quantitative estimate of drug-likeness (QED) is 0.640. The van der Waals surface area contributed by atoms with Crippen molar-refractivity contribution in [1.29, 1.82) is 0 Å². The Kier molecular flexibility index (Phi) is 7.82. The summed E-state index contributed by atoms with van der Waals surface area (Å²) in [5, 5.41) is 10.0. The zero-order chi connectivity index (χ0) is 11.3. The van der Waals surface area contributed by atoms with Crippen molar-refractivity contribution in [3.63, 3.8) is 0 Å². The molecule has 1 rings (SSSR count). The summed E-state index contributed by atoms with van der Waals surface area (Å²) in [4.78, 5) is 21.3. The Morgan fingerprint density at radius 1 is 1.31 bits per heavy atom. The molecule has 0 aliphatic rings.